The molecule has 0 saturated heterocycles. The predicted molar refractivity (Wildman–Crippen MR) is 113 cm³/mol. The summed E-state index contributed by atoms with van der Waals surface area (Å²) in [5.41, 5.74) is 4.22. The van der Waals surface area contributed by atoms with Gasteiger partial charge in [-0.3, -0.25) is 0 Å². The Labute approximate surface area is 160 Å². The smallest absolute Gasteiger partial charge is 0.319 e. The Kier molecular flexibility index (Phi) is 6.10. The van der Waals surface area contributed by atoms with Gasteiger partial charge in [0.2, 0.25) is 0 Å². The predicted octanol–water partition coefficient (Wildman–Crippen LogP) is 4.71. The summed E-state index contributed by atoms with van der Waals surface area (Å²) in [6.07, 6.45) is 0. The highest BCUT2D eigenvalue weighted by atomic mass is 16.2. The number of carbonyl (C=O) groups excluding carboxylic acids is 1. The van der Waals surface area contributed by atoms with E-state index in [0.29, 0.717) is 6.54 Å². The number of urea groups is 1. The molecule has 27 heavy (non-hydrogen) atoms. The van der Waals surface area contributed by atoms with Gasteiger partial charge in [0.1, 0.15) is 0 Å². The SMILES string of the molecule is CN(C)c1ccc(NC(=O)NCC(c2ccccc2)c2ccccc2)cc1. The average Bonchev–Trinajstić information content (AvgIpc) is 2.70. The van der Waals surface area contributed by atoms with Crippen LogP contribution in [0.25, 0.3) is 0 Å². The Hall–Kier alpha value is -3.27. The van der Waals surface area contributed by atoms with Gasteiger partial charge in [0.15, 0.2) is 0 Å². The van der Waals surface area contributed by atoms with Crippen molar-refractivity contribution < 1.29 is 4.79 Å². The number of benzene rings is 3. The second-order valence-corrected chi connectivity index (χ2v) is 6.65. The Morgan fingerprint density at radius 1 is 0.815 bits per heavy atom. The highest BCUT2D eigenvalue weighted by Crippen LogP contribution is 2.23. The zero-order valence-corrected chi connectivity index (χ0v) is 15.7. The molecule has 0 saturated carbocycles. The van der Waals surface area contributed by atoms with Gasteiger partial charge in [0, 0.05) is 37.9 Å². The quantitative estimate of drug-likeness (QED) is 0.670. The summed E-state index contributed by atoms with van der Waals surface area (Å²) in [5, 5.41) is 5.90. The second-order valence-electron chi connectivity index (χ2n) is 6.65. The van der Waals surface area contributed by atoms with Gasteiger partial charge >= 0.3 is 6.03 Å². The topological polar surface area (TPSA) is 44.4 Å². The molecule has 0 fully saturated rings. The molecule has 0 spiro atoms. The minimum absolute atomic E-state index is 0.106. The number of nitrogens with one attached hydrogen (secondary N) is 2. The fourth-order valence-corrected chi connectivity index (χ4v) is 3.01. The van der Waals surface area contributed by atoms with E-state index in [-0.39, 0.29) is 11.9 Å². The number of nitrogens with zero attached hydrogens (tertiary/aromatic N) is 1. The number of rotatable bonds is 6. The summed E-state index contributed by atoms with van der Waals surface area (Å²) in [4.78, 5) is 14.4. The zero-order chi connectivity index (χ0) is 19.1. The normalized spacial score (nSPS) is 10.5. The molecule has 0 atom stereocenters. The van der Waals surface area contributed by atoms with Crippen molar-refractivity contribution in [1.29, 1.82) is 0 Å². The van der Waals surface area contributed by atoms with Gasteiger partial charge in [0.25, 0.3) is 0 Å². The lowest BCUT2D eigenvalue weighted by Gasteiger charge is -2.19. The number of hydrogen-bond acceptors (Lipinski definition) is 2. The standard InChI is InChI=1S/C23H25N3O/c1-26(2)21-15-13-20(14-16-21)25-23(27)24-17-22(18-9-5-3-6-10-18)19-11-7-4-8-12-19/h3-16,22H,17H2,1-2H3,(H2,24,25,27). The Morgan fingerprint density at radius 3 is 1.81 bits per heavy atom. The summed E-state index contributed by atoms with van der Waals surface area (Å²) >= 11 is 0. The molecular formula is C23H25N3O. The minimum atomic E-state index is -0.204. The Balaban J connectivity index is 1.65. The number of carbonyl (C=O) groups is 1. The maximum Gasteiger partial charge on any atom is 0.319 e. The number of amides is 2. The van der Waals surface area contributed by atoms with Crippen LogP contribution in [0.3, 0.4) is 0 Å². The third-order valence-electron chi connectivity index (χ3n) is 4.51. The van der Waals surface area contributed by atoms with Crippen molar-refractivity contribution in [1.82, 2.24) is 5.32 Å². The molecule has 0 aliphatic heterocycles. The maximum atomic E-state index is 12.4. The lowest BCUT2D eigenvalue weighted by molar-refractivity contribution is 0.252. The molecule has 138 valence electrons. The van der Waals surface area contributed by atoms with Crippen molar-refractivity contribution in [2.75, 3.05) is 30.9 Å². The van der Waals surface area contributed by atoms with Crippen molar-refractivity contribution >= 4 is 17.4 Å². The highest BCUT2D eigenvalue weighted by Gasteiger charge is 2.15. The molecule has 0 bridgehead atoms. The van der Waals surface area contributed by atoms with Crippen LogP contribution < -0.4 is 15.5 Å². The van der Waals surface area contributed by atoms with Crippen LogP contribution >= 0.6 is 0 Å². The van der Waals surface area contributed by atoms with Gasteiger partial charge in [-0.15, -0.1) is 0 Å². The van der Waals surface area contributed by atoms with Gasteiger partial charge in [-0.2, -0.15) is 0 Å². The zero-order valence-electron chi connectivity index (χ0n) is 15.7. The summed E-state index contributed by atoms with van der Waals surface area (Å²) < 4.78 is 0. The van der Waals surface area contributed by atoms with E-state index < -0.39 is 0 Å². The molecule has 0 aliphatic carbocycles. The number of hydrogen-bond donors (Lipinski definition) is 2. The molecule has 0 aromatic heterocycles. The molecule has 3 rings (SSSR count). The van der Waals surface area contributed by atoms with Gasteiger partial charge in [-0.05, 0) is 35.4 Å². The van der Waals surface area contributed by atoms with E-state index in [1.54, 1.807) is 0 Å². The molecular weight excluding hydrogens is 334 g/mol. The monoisotopic (exact) mass is 359 g/mol. The summed E-state index contributed by atoms with van der Waals surface area (Å²) in [6, 6.07) is 28.0. The highest BCUT2D eigenvalue weighted by molar-refractivity contribution is 5.89. The van der Waals surface area contributed by atoms with Crippen molar-refractivity contribution in [2.45, 2.75) is 5.92 Å². The van der Waals surface area contributed by atoms with Crippen LogP contribution in [0.5, 0.6) is 0 Å². The van der Waals surface area contributed by atoms with Crippen LogP contribution in [0.2, 0.25) is 0 Å². The van der Waals surface area contributed by atoms with E-state index in [1.165, 1.54) is 11.1 Å². The Morgan fingerprint density at radius 2 is 1.33 bits per heavy atom. The van der Waals surface area contributed by atoms with Crippen LogP contribution in [-0.2, 0) is 0 Å². The molecule has 2 amide bonds. The third-order valence-corrected chi connectivity index (χ3v) is 4.51. The van der Waals surface area contributed by atoms with Crippen LogP contribution in [0, 0.1) is 0 Å². The first-order chi connectivity index (χ1) is 13.1. The molecule has 4 nitrogen and oxygen atoms in total. The van der Waals surface area contributed by atoms with E-state index in [1.807, 2.05) is 79.7 Å². The van der Waals surface area contributed by atoms with Crippen molar-refractivity contribution in [3.8, 4) is 0 Å². The fourth-order valence-electron chi connectivity index (χ4n) is 3.01. The third kappa shape index (κ3) is 5.11. The molecule has 0 unspecified atom stereocenters. The van der Waals surface area contributed by atoms with E-state index in [9.17, 15) is 4.79 Å². The molecule has 0 radical (unpaired) electrons. The van der Waals surface area contributed by atoms with Gasteiger partial charge in [-0.1, -0.05) is 60.7 Å². The molecule has 0 aliphatic rings. The van der Waals surface area contributed by atoms with E-state index >= 15 is 0 Å². The van der Waals surface area contributed by atoms with E-state index in [2.05, 4.69) is 34.9 Å². The lowest BCUT2D eigenvalue weighted by atomic mass is 9.91. The van der Waals surface area contributed by atoms with Crippen molar-refractivity contribution in [3.05, 3.63) is 96.1 Å². The molecule has 3 aromatic carbocycles. The van der Waals surface area contributed by atoms with Crippen molar-refractivity contribution in [3.63, 3.8) is 0 Å². The summed E-state index contributed by atoms with van der Waals surface area (Å²) in [7, 11) is 3.98. The lowest BCUT2D eigenvalue weighted by Crippen LogP contribution is -2.32. The first-order valence-corrected chi connectivity index (χ1v) is 9.05. The summed E-state index contributed by atoms with van der Waals surface area (Å²) in [6.45, 7) is 0.523. The minimum Gasteiger partial charge on any atom is -0.378 e. The molecule has 0 heterocycles. The van der Waals surface area contributed by atoms with Gasteiger partial charge in [0.05, 0.1) is 0 Å². The fraction of sp³-hybridized carbons (Fsp3) is 0.174. The Bertz CT molecular complexity index is 806. The van der Waals surface area contributed by atoms with Crippen LogP contribution in [-0.4, -0.2) is 26.7 Å². The largest absolute Gasteiger partial charge is 0.378 e. The van der Waals surface area contributed by atoms with Crippen LogP contribution in [0.15, 0.2) is 84.9 Å². The van der Waals surface area contributed by atoms with Gasteiger partial charge < -0.3 is 15.5 Å². The molecule has 3 aromatic rings. The van der Waals surface area contributed by atoms with Crippen LogP contribution in [0.1, 0.15) is 17.0 Å². The summed E-state index contributed by atoms with van der Waals surface area (Å²) in [5.74, 6) is 0.106. The second kappa shape index (κ2) is 8.90. The number of anilines is 2. The maximum absolute atomic E-state index is 12.4. The van der Waals surface area contributed by atoms with Crippen molar-refractivity contribution in [2.24, 2.45) is 0 Å². The molecule has 2 N–H and O–H groups in total. The van der Waals surface area contributed by atoms with Gasteiger partial charge in [-0.25, -0.2) is 4.79 Å². The molecule has 4 heteroatoms. The van der Waals surface area contributed by atoms with E-state index in [0.717, 1.165) is 11.4 Å². The average molecular weight is 359 g/mol. The van der Waals surface area contributed by atoms with E-state index in [4.69, 9.17) is 0 Å². The first kappa shape index (κ1) is 18.5. The first-order valence-electron chi connectivity index (χ1n) is 9.05. The van der Waals surface area contributed by atoms with Crippen LogP contribution in [0.4, 0.5) is 16.2 Å².